The first-order valence-electron chi connectivity index (χ1n) is 4.17. The lowest BCUT2D eigenvalue weighted by Gasteiger charge is -2.33. The van der Waals surface area contributed by atoms with Crippen LogP contribution in [0.1, 0.15) is 26.7 Å². The van der Waals surface area contributed by atoms with Crippen LogP contribution in [-0.4, -0.2) is 23.0 Å². The minimum atomic E-state index is -0.113. The monoisotopic (exact) mass is 173 g/mol. The van der Waals surface area contributed by atoms with Gasteiger partial charge >= 0.3 is 0 Å². The summed E-state index contributed by atoms with van der Waals surface area (Å²) in [5.41, 5.74) is 0. The Morgan fingerprint density at radius 1 is 1.55 bits per heavy atom. The van der Waals surface area contributed by atoms with E-state index < -0.39 is 0 Å². The molecule has 0 aromatic carbocycles. The fourth-order valence-electron chi connectivity index (χ4n) is 1.41. The summed E-state index contributed by atoms with van der Waals surface area (Å²) >= 11 is 1.81. The van der Waals surface area contributed by atoms with Gasteiger partial charge in [-0.1, -0.05) is 13.8 Å². The second kappa shape index (κ2) is 3.48. The van der Waals surface area contributed by atoms with Crippen molar-refractivity contribution in [3.05, 3.63) is 0 Å². The predicted octanol–water partition coefficient (Wildman–Crippen LogP) is 1.41. The lowest BCUT2D eigenvalue weighted by atomic mass is 10.0. The third-order valence-corrected chi connectivity index (χ3v) is 4.05. The molecule has 1 aliphatic heterocycles. The highest BCUT2D eigenvalue weighted by Gasteiger charge is 2.37. The molecule has 0 unspecified atom stereocenters. The van der Waals surface area contributed by atoms with Gasteiger partial charge in [-0.15, -0.1) is 11.8 Å². The lowest BCUT2D eigenvalue weighted by molar-refractivity contribution is -0.123. The van der Waals surface area contributed by atoms with E-state index in [4.69, 9.17) is 0 Å². The van der Waals surface area contributed by atoms with Crippen LogP contribution in [0.15, 0.2) is 0 Å². The number of hydrogen-bond donors (Lipinski definition) is 1. The summed E-state index contributed by atoms with van der Waals surface area (Å²) in [6.07, 6.45) is 1.89. The summed E-state index contributed by atoms with van der Waals surface area (Å²) in [6, 6.07) is 0. The van der Waals surface area contributed by atoms with Gasteiger partial charge in [-0.3, -0.25) is 4.79 Å². The number of nitrogens with one attached hydrogen (secondary N) is 1. The van der Waals surface area contributed by atoms with Crippen LogP contribution >= 0.6 is 11.8 Å². The maximum Gasteiger partial charge on any atom is 0.236 e. The van der Waals surface area contributed by atoms with E-state index in [9.17, 15) is 4.79 Å². The predicted molar refractivity (Wildman–Crippen MR) is 48.8 cm³/mol. The Balaban J connectivity index is 2.69. The van der Waals surface area contributed by atoms with Crippen LogP contribution < -0.4 is 5.32 Å². The Kier molecular flexibility index (Phi) is 2.82. The molecule has 1 rings (SSSR count). The summed E-state index contributed by atoms with van der Waals surface area (Å²) < 4.78 is -0.113. The quantitative estimate of drug-likeness (QED) is 0.684. The van der Waals surface area contributed by atoms with Crippen LogP contribution in [0.4, 0.5) is 0 Å². The first kappa shape index (κ1) is 8.91. The molecule has 1 N–H and O–H groups in total. The maximum atomic E-state index is 11.4. The van der Waals surface area contributed by atoms with Crippen molar-refractivity contribution in [3.8, 4) is 0 Å². The molecule has 0 aromatic rings. The fraction of sp³-hybridized carbons (Fsp3) is 0.875. The SMILES string of the molecule is CCC1(CC)SCCNC1=O. The van der Waals surface area contributed by atoms with E-state index in [0.29, 0.717) is 0 Å². The number of carbonyl (C=O) groups excluding carboxylic acids is 1. The van der Waals surface area contributed by atoms with Crippen LogP contribution in [0.2, 0.25) is 0 Å². The molecule has 0 atom stereocenters. The Hall–Kier alpha value is -0.180. The Bertz CT molecular complexity index is 154. The molecule has 3 heteroatoms. The fourth-order valence-corrected chi connectivity index (χ4v) is 2.62. The van der Waals surface area contributed by atoms with Crippen LogP contribution in [0.5, 0.6) is 0 Å². The number of amides is 1. The summed E-state index contributed by atoms with van der Waals surface area (Å²) in [5, 5.41) is 2.92. The van der Waals surface area contributed by atoms with Crippen LogP contribution in [0, 0.1) is 0 Å². The Labute approximate surface area is 72.1 Å². The van der Waals surface area contributed by atoms with E-state index in [2.05, 4.69) is 19.2 Å². The van der Waals surface area contributed by atoms with Crippen molar-refractivity contribution in [2.75, 3.05) is 12.3 Å². The van der Waals surface area contributed by atoms with Crippen LogP contribution in [0.3, 0.4) is 0 Å². The van der Waals surface area contributed by atoms with Gasteiger partial charge in [0.05, 0.1) is 4.75 Å². The maximum absolute atomic E-state index is 11.4. The van der Waals surface area contributed by atoms with E-state index in [1.807, 2.05) is 0 Å². The van der Waals surface area contributed by atoms with Crippen molar-refractivity contribution in [1.29, 1.82) is 0 Å². The largest absolute Gasteiger partial charge is 0.354 e. The third-order valence-electron chi connectivity index (χ3n) is 2.32. The molecule has 1 heterocycles. The topological polar surface area (TPSA) is 29.1 Å². The first-order valence-corrected chi connectivity index (χ1v) is 5.16. The van der Waals surface area contributed by atoms with E-state index in [1.165, 1.54) is 0 Å². The molecule has 2 nitrogen and oxygen atoms in total. The normalized spacial score (nSPS) is 22.9. The molecule has 1 saturated heterocycles. The van der Waals surface area contributed by atoms with Crippen molar-refractivity contribution in [2.24, 2.45) is 0 Å². The molecule has 1 fully saturated rings. The molecule has 64 valence electrons. The number of thioether (sulfide) groups is 1. The molecule has 0 spiro atoms. The van der Waals surface area contributed by atoms with Gasteiger partial charge in [-0.25, -0.2) is 0 Å². The van der Waals surface area contributed by atoms with Gasteiger partial charge in [0.25, 0.3) is 0 Å². The van der Waals surface area contributed by atoms with Crippen molar-refractivity contribution in [3.63, 3.8) is 0 Å². The lowest BCUT2D eigenvalue weighted by Crippen LogP contribution is -2.48. The second-order valence-electron chi connectivity index (χ2n) is 2.81. The highest BCUT2D eigenvalue weighted by Crippen LogP contribution is 2.34. The van der Waals surface area contributed by atoms with E-state index in [1.54, 1.807) is 11.8 Å². The van der Waals surface area contributed by atoms with Gasteiger partial charge in [0.2, 0.25) is 5.91 Å². The molecule has 0 bridgehead atoms. The van der Waals surface area contributed by atoms with Gasteiger partial charge in [0.15, 0.2) is 0 Å². The number of carbonyl (C=O) groups is 1. The molecule has 0 aromatic heterocycles. The highest BCUT2D eigenvalue weighted by molar-refractivity contribution is 8.01. The molecular formula is C8H15NOS. The summed E-state index contributed by atoms with van der Waals surface area (Å²) in [5.74, 6) is 1.30. The molecule has 11 heavy (non-hydrogen) atoms. The highest BCUT2D eigenvalue weighted by atomic mass is 32.2. The minimum Gasteiger partial charge on any atom is -0.354 e. The van der Waals surface area contributed by atoms with E-state index in [-0.39, 0.29) is 10.7 Å². The molecule has 0 saturated carbocycles. The van der Waals surface area contributed by atoms with Crippen molar-refractivity contribution < 1.29 is 4.79 Å². The molecule has 1 amide bonds. The zero-order valence-corrected chi connectivity index (χ0v) is 7.96. The summed E-state index contributed by atoms with van der Waals surface area (Å²) in [6.45, 7) is 5.01. The van der Waals surface area contributed by atoms with Gasteiger partial charge in [0, 0.05) is 12.3 Å². The van der Waals surface area contributed by atoms with E-state index in [0.717, 1.165) is 25.1 Å². The zero-order valence-electron chi connectivity index (χ0n) is 7.14. The average molecular weight is 173 g/mol. The Morgan fingerprint density at radius 3 is 2.55 bits per heavy atom. The van der Waals surface area contributed by atoms with Crippen LogP contribution in [0.25, 0.3) is 0 Å². The van der Waals surface area contributed by atoms with Crippen molar-refractivity contribution in [1.82, 2.24) is 5.32 Å². The van der Waals surface area contributed by atoms with Gasteiger partial charge in [-0.05, 0) is 12.8 Å². The van der Waals surface area contributed by atoms with Crippen LogP contribution in [-0.2, 0) is 4.79 Å². The third kappa shape index (κ3) is 1.53. The van der Waals surface area contributed by atoms with Gasteiger partial charge < -0.3 is 5.32 Å². The summed E-state index contributed by atoms with van der Waals surface area (Å²) in [4.78, 5) is 11.4. The molecule has 0 radical (unpaired) electrons. The van der Waals surface area contributed by atoms with Gasteiger partial charge in [-0.2, -0.15) is 0 Å². The average Bonchev–Trinajstić information content (AvgIpc) is 2.06. The Morgan fingerprint density at radius 2 is 2.18 bits per heavy atom. The summed E-state index contributed by atoms with van der Waals surface area (Å²) in [7, 11) is 0. The molecule has 0 aliphatic carbocycles. The van der Waals surface area contributed by atoms with Gasteiger partial charge in [0.1, 0.15) is 0 Å². The first-order chi connectivity index (χ1) is 5.25. The number of hydrogen-bond acceptors (Lipinski definition) is 2. The standard InChI is InChI=1S/C8H15NOS/c1-3-8(4-2)7(10)9-5-6-11-8/h3-6H2,1-2H3,(H,9,10). The molecular weight excluding hydrogens is 158 g/mol. The smallest absolute Gasteiger partial charge is 0.236 e. The molecule has 1 aliphatic rings. The van der Waals surface area contributed by atoms with E-state index >= 15 is 0 Å². The second-order valence-corrected chi connectivity index (χ2v) is 4.28. The van der Waals surface area contributed by atoms with Crippen molar-refractivity contribution >= 4 is 17.7 Å². The zero-order chi connectivity index (χ0) is 8.32. The number of rotatable bonds is 2. The minimum absolute atomic E-state index is 0.113. The van der Waals surface area contributed by atoms with Crippen molar-refractivity contribution in [2.45, 2.75) is 31.4 Å².